The number of H-pyrrole nitrogens is 1. The van der Waals surface area contributed by atoms with Gasteiger partial charge in [-0.25, -0.2) is 4.98 Å². The van der Waals surface area contributed by atoms with Crippen LogP contribution in [0.5, 0.6) is 0 Å². The average molecular weight is 301 g/mol. The summed E-state index contributed by atoms with van der Waals surface area (Å²) in [5, 5.41) is 6.97. The van der Waals surface area contributed by atoms with Crippen LogP contribution in [0.3, 0.4) is 0 Å². The highest BCUT2D eigenvalue weighted by atomic mass is 16.2. The standard InChI is InChI=1S/C16H23N5O/c1-3-4-14-13(10-18-19-14)16(22)20(2)11-12-5-7-21-8-6-17-15(21)9-12/h6,8,10,12H,3-5,7,9,11H2,1-2H3,(H,18,19). The van der Waals surface area contributed by atoms with Crippen molar-refractivity contribution in [1.82, 2.24) is 24.6 Å². The van der Waals surface area contributed by atoms with Crippen LogP contribution in [0.15, 0.2) is 18.6 Å². The van der Waals surface area contributed by atoms with Crippen molar-refractivity contribution in [1.29, 1.82) is 0 Å². The maximum absolute atomic E-state index is 12.6. The number of hydrogen-bond acceptors (Lipinski definition) is 3. The monoisotopic (exact) mass is 301 g/mol. The molecule has 0 aliphatic carbocycles. The van der Waals surface area contributed by atoms with Gasteiger partial charge < -0.3 is 9.47 Å². The Hall–Kier alpha value is -2.11. The number of aromatic amines is 1. The number of aryl methyl sites for hydroxylation is 2. The van der Waals surface area contributed by atoms with Gasteiger partial charge in [-0.05, 0) is 18.8 Å². The Morgan fingerprint density at radius 1 is 1.55 bits per heavy atom. The molecule has 1 N–H and O–H groups in total. The quantitative estimate of drug-likeness (QED) is 0.917. The van der Waals surface area contributed by atoms with Crippen molar-refractivity contribution in [2.75, 3.05) is 13.6 Å². The highest BCUT2D eigenvalue weighted by Gasteiger charge is 2.24. The van der Waals surface area contributed by atoms with E-state index >= 15 is 0 Å². The van der Waals surface area contributed by atoms with Gasteiger partial charge in [0.2, 0.25) is 0 Å². The lowest BCUT2D eigenvalue weighted by Gasteiger charge is -2.27. The Balaban J connectivity index is 1.63. The molecule has 1 amide bonds. The van der Waals surface area contributed by atoms with Crippen LogP contribution in [0.2, 0.25) is 0 Å². The summed E-state index contributed by atoms with van der Waals surface area (Å²) < 4.78 is 2.20. The van der Waals surface area contributed by atoms with E-state index in [1.807, 2.05) is 24.3 Å². The third-order valence-electron chi connectivity index (χ3n) is 4.38. The van der Waals surface area contributed by atoms with Crippen LogP contribution in [-0.4, -0.2) is 44.1 Å². The number of carbonyl (C=O) groups is 1. The number of imidazole rings is 1. The van der Waals surface area contributed by atoms with Crippen molar-refractivity contribution >= 4 is 5.91 Å². The highest BCUT2D eigenvalue weighted by Crippen LogP contribution is 2.20. The van der Waals surface area contributed by atoms with E-state index in [1.54, 1.807) is 6.20 Å². The van der Waals surface area contributed by atoms with Crippen molar-refractivity contribution in [3.05, 3.63) is 35.7 Å². The summed E-state index contributed by atoms with van der Waals surface area (Å²) in [6.45, 7) is 3.86. The summed E-state index contributed by atoms with van der Waals surface area (Å²) in [6, 6.07) is 0. The zero-order valence-electron chi connectivity index (χ0n) is 13.2. The van der Waals surface area contributed by atoms with Crippen LogP contribution in [0.4, 0.5) is 0 Å². The molecule has 118 valence electrons. The highest BCUT2D eigenvalue weighted by molar-refractivity contribution is 5.94. The lowest BCUT2D eigenvalue weighted by molar-refractivity contribution is 0.0763. The van der Waals surface area contributed by atoms with Crippen molar-refractivity contribution in [2.45, 2.75) is 39.2 Å². The van der Waals surface area contributed by atoms with Crippen molar-refractivity contribution < 1.29 is 4.79 Å². The maximum Gasteiger partial charge on any atom is 0.257 e. The summed E-state index contributed by atoms with van der Waals surface area (Å²) >= 11 is 0. The Bertz CT molecular complexity index is 645. The predicted molar refractivity (Wildman–Crippen MR) is 83.6 cm³/mol. The van der Waals surface area contributed by atoms with Crippen LogP contribution < -0.4 is 0 Å². The lowest BCUT2D eigenvalue weighted by atomic mass is 9.97. The number of hydrogen-bond donors (Lipinski definition) is 1. The molecule has 0 radical (unpaired) electrons. The molecule has 1 aliphatic rings. The van der Waals surface area contributed by atoms with Gasteiger partial charge in [0, 0.05) is 44.6 Å². The summed E-state index contributed by atoms with van der Waals surface area (Å²) in [5.41, 5.74) is 1.65. The fourth-order valence-electron chi connectivity index (χ4n) is 3.18. The second-order valence-electron chi connectivity index (χ2n) is 6.09. The Morgan fingerprint density at radius 3 is 3.23 bits per heavy atom. The Morgan fingerprint density at radius 2 is 2.41 bits per heavy atom. The van der Waals surface area contributed by atoms with Crippen LogP contribution in [0.25, 0.3) is 0 Å². The van der Waals surface area contributed by atoms with E-state index in [9.17, 15) is 4.79 Å². The Kier molecular flexibility index (Phi) is 4.27. The molecule has 3 heterocycles. The number of carbonyl (C=O) groups excluding carboxylic acids is 1. The minimum Gasteiger partial charge on any atom is -0.341 e. The van der Waals surface area contributed by atoms with Gasteiger partial charge in [-0.3, -0.25) is 9.89 Å². The molecule has 22 heavy (non-hydrogen) atoms. The molecule has 0 bridgehead atoms. The van der Waals surface area contributed by atoms with E-state index in [4.69, 9.17) is 0 Å². The summed E-state index contributed by atoms with van der Waals surface area (Å²) in [4.78, 5) is 18.8. The molecule has 1 unspecified atom stereocenters. The number of aromatic nitrogens is 4. The molecular weight excluding hydrogens is 278 g/mol. The van der Waals surface area contributed by atoms with Gasteiger partial charge in [0.05, 0.1) is 11.8 Å². The van der Waals surface area contributed by atoms with Crippen LogP contribution in [0, 0.1) is 5.92 Å². The lowest BCUT2D eigenvalue weighted by Crippen LogP contribution is -2.35. The average Bonchev–Trinajstić information content (AvgIpc) is 3.15. The summed E-state index contributed by atoms with van der Waals surface area (Å²) in [5.74, 6) is 1.67. The molecular formula is C16H23N5O. The molecule has 2 aromatic rings. The number of nitrogens with zero attached hydrogens (tertiary/aromatic N) is 4. The molecule has 0 saturated heterocycles. The molecule has 6 heteroatoms. The normalized spacial score (nSPS) is 17.3. The first-order valence-corrected chi connectivity index (χ1v) is 7.96. The second kappa shape index (κ2) is 6.34. The third kappa shape index (κ3) is 2.91. The zero-order valence-corrected chi connectivity index (χ0v) is 13.2. The van der Waals surface area contributed by atoms with Crippen molar-refractivity contribution in [2.24, 2.45) is 5.92 Å². The van der Waals surface area contributed by atoms with Gasteiger partial charge in [-0.2, -0.15) is 5.10 Å². The fraction of sp³-hybridized carbons (Fsp3) is 0.562. The number of rotatable bonds is 5. The number of amides is 1. The predicted octanol–water partition coefficient (Wildman–Crippen LogP) is 1.89. The van der Waals surface area contributed by atoms with E-state index < -0.39 is 0 Å². The summed E-state index contributed by atoms with van der Waals surface area (Å²) in [6.07, 6.45) is 9.43. The van der Waals surface area contributed by atoms with E-state index in [-0.39, 0.29) is 5.91 Å². The van der Waals surface area contributed by atoms with E-state index in [2.05, 4.69) is 26.7 Å². The topological polar surface area (TPSA) is 66.8 Å². The van der Waals surface area contributed by atoms with Gasteiger partial charge in [0.25, 0.3) is 5.91 Å². The maximum atomic E-state index is 12.6. The smallest absolute Gasteiger partial charge is 0.257 e. The van der Waals surface area contributed by atoms with Gasteiger partial charge in [-0.15, -0.1) is 0 Å². The first-order chi connectivity index (χ1) is 10.7. The molecule has 1 aliphatic heterocycles. The fourth-order valence-corrected chi connectivity index (χ4v) is 3.18. The van der Waals surface area contributed by atoms with Crippen LogP contribution >= 0.6 is 0 Å². The Labute approximate surface area is 130 Å². The van der Waals surface area contributed by atoms with Crippen LogP contribution in [0.1, 0.15) is 41.6 Å². The molecule has 2 aromatic heterocycles. The second-order valence-corrected chi connectivity index (χ2v) is 6.09. The molecule has 0 saturated carbocycles. The van der Waals surface area contributed by atoms with Crippen molar-refractivity contribution in [3.63, 3.8) is 0 Å². The molecule has 6 nitrogen and oxygen atoms in total. The summed E-state index contributed by atoms with van der Waals surface area (Å²) in [7, 11) is 1.88. The van der Waals surface area contributed by atoms with Crippen molar-refractivity contribution in [3.8, 4) is 0 Å². The van der Waals surface area contributed by atoms with E-state index in [0.717, 1.165) is 50.3 Å². The SMILES string of the molecule is CCCc1[nH]ncc1C(=O)N(C)CC1CCn2ccnc2C1. The number of fused-ring (bicyclic) bond motifs is 1. The third-order valence-corrected chi connectivity index (χ3v) is 4.38. The minimum absolute atomic E-state index is 0.0612. The van der Waals surface area contributed by atoms with Gasteiger partial charge >= 0.3 is 0 Å². The first kappa shape index (κ1) is 14.8. The van der Waals surface area contributed by atoms with Crippen LogP contribution in [-0.2, 0) is 19.4 Å². The van der Waals surface area contributed by atoms with Gasteiger partial charge in [0.15, 0.2) is 0 Å². The number of nitrogens with one attached hydrogen (secondary N) is 1. The van der Waals surface area contributed by atoms with E-state index in [1.165, 1.54) is 0 Å². The minimum atomic E-state index is 0.0612. The van der Waals surface area contributed by atoms with E-state index in [0.29, 0.717) is 11.5 Å². The zero-order chi connectivity index (χ0) is 15.5. The molecule has 0 fully saturated rings. The molecule has 0 aromatic carbocycles. The largest absolute Gasteiger partial charge is 0.341 e. The molecule has 1 atom stereocenters. The molecule has 0 spiro atoms. The molecule has 3 rings (SSSR count). The van der Waals surface area contributed by atoms with Gasteiger partial charge in [0.1, 0.15) is 5.82 Å². The van der Waals surface area contributed by atoms with Gasteiger partial charge in [-0.1, -0.05) is 13.3 Å². The first-order valence-electron chi connectivity index (χ1n) is 7.96.